The maximum atomic E-state index is 13.1. The molecule has 1 aromatic heterocycles. The monoisotopic (exact) mass is 479 g/mol. The molecule has 0 aliphatic rings. The number of nitrogens with zero attached hydrogens (tertiary/aromatic N) is 3. The van der Waals surface area contributed by atoms with E-state index in [4.69, 9.17) is 4.74 Å². The van der Waals surface area contributed by atoms with Gasteiger partial charge in [0.05, 0.1) is 12.4 Å². The predicted octanol–water partition coefficient (Wildman–Crippen LogP) is 3.85. The van der Waals surface area contributed by atoms with Gasteiger partial charge in [0.25, 0.3) is 5.91 Å². The lowest BCUT2D eigenvalue weighted by atomic mass is 10.1. The van der Waals surface area contributed by atoms with Gasteiger partial charge in [-0.3, -0.25) is 4.79 Å². The normalized spacial score (nSPS) is 11.8. The first-order chi connectivity index (χ1) is 13.0. The van der Waals surface area contributed by atoms with Crippen LogP contribution in [0.25, 0.3) is 0 Å². The first kappa shape index (κ1) is 19.3. The van der Waals surface area contributed by atoms with Gasteiger partial charge in [0, 0.05) is 35.1 Å². The minimum atomic E-state index is -0.316. The van der Waals surface area contributed by atoms with Crippen molar-refractivity contribution in [3.63, 3.8) is 0 Å². The fourth-order valence-corrected chi connectivity index (χ4v) is 2.97. The number of imidazole rings is 1. The van der Waals surface area contributed by atoms with E-state index >= 15 is 0 Å². The summed E-state index contributed by atoms with van der Waals surface area (Å²) < 4.78 is 21.8. The molecule has 1 amide bonds. The Morgan fingerprint density at radius 1 is 1.22 bits per heavy atom. The van der Waals surface area contributed by atoms with Crippen molar-refractivity contribution in [1.82, 2.24) is 14.5 Å². The van der Waals surface area contributed by atoms with E-state index in [0.717, 1.165) is 3.57 Å². The summed E-state index contributed by atoms with van der Waals surface area (Å²) in [4.78, 5) is 18.6. The Morgan fingerprint density at radius 3 is 2.56 bits per heavy atom. The molecule has 0 aliphatic heterocycles. The highest BCUT2D eigenvalue weighted by Gasteiger charge is 2.22. The fourth-order valence-electron chi connectivity index (χ4n) is 2.61. The van der Waals surface area contributed by atoms with Crippen LogP contribution in [0, 0.1) is 9.39 Å². The van der Waals surface area contributed by atoms with Crippen LogP contribution in [0.3, 0.4) is 0 Å². The summed E-state index contributed by atoms with van der Waals surface area (Å²) in [6, 6.07) is 13.1. The quantitative estimate of drug-likeness (QED) is 0.484. The van der Waals surface area contributed by atoms with Gasteiger partial charge in [0.15, 0.2) is 0 Å². The minimum Gasteiger partial charge on any atom is -0.491 e. The lowest BCUT2D eigenvalue weighted by molar-refractivity contribution is 0.0654. The molecule has 1 atom stereocenters. The van der Waals surface area contributed by atoms with Crippen molar-refractivity contribution in [2.45, 2.75) is 12.6 Å². The Morgan fingerprint density at radius 2 is 1.93 bits per heavy atom. The highest BCUT2D eigenvalue weighted by atomic mass is 127. The average Bonchev–Trinajstić information content (AvgIpc) is 3.19. The molecule has 1 heterocycles. The minimum absolute atomic E-state index is 0.0841. The van der Waals surface area contributed by atoms with Crippen LogP contribution in [0.4, 0.5) is 4.39 Å². The van der Waals surface area contributed by atoms with Crippen molar-refractivity contribution < 1.29 is 13.9 Å². The molecule has 2 aromatic carbocycles. The SMILES string of the molecule is CN(C(=O)c1ccc(I)cc1)C(COc1ccc(F)cc1)Cn1ccnc1. The topological polar surface area (TPSA) is 47.4 Å². The Hall–Kier alpha value is -2.42. The second kappa shape index (κ2) is 8.98. The van der Waals surface area contributed by atoms with Crippen LogP contribution in [-0.4, -0.2) is 40.1 Å². The van der Waals surface area contributed by atoms with Crippen molar-refractivity contribution in [2.24, 2.45) is 0 Å². The molecule has 3 aromatic rings. The molecule has 0 spiro atoms. The molecule has 0 N–H and O–H groups in total. The number of carbonyl (C=O) groups excluding carboxylic acids is 1. The number of benzene rings is 2. The second-order valence-corrected chi connectivity index (χ2v) is 7.35. The molecule has 0 fully saturated rings. The van der Waals surface area contributed by atoms with Crippen LogP contribution in [0.1, 0.15) is 10.4 Å². The summed E-state index contributed by atoms with van der Waals surface area (Å²) in [5.74, 6) is 0.157. The van der Waals surface area contributed by atoms with Gasteiger partial charge in [-0.15, -0.1) is 0 Å². The smallest absolute Gasteiger partial charge is 0.254 e. The molecule has 3 rings (SSSR count). The van der Waals surface area contributed by atoms with E-state index < -0.39 is 0 Å². The molecule has 0 bridgehead atoms. The van der Waals surface area contributed by atoms with Gasteiger partial charge in [-0.25, -0.2) is 9.37 Å². The van der Waals surface area contributed by atoms with Crippen LogP contribution in [0.5, 0.6) is 5.75 Å². The number of halogens is 2. The Bertz CT molecular complexity index is 867. The van der Waals surface area contributed by atoms with E-state index in [1.54, 1.807) is 36.6 Å². The van der Waals surface area contributed by atoms with E-state index in [9.17, 15) is 9.18 Å². The van der Waals surface area contributed by atoms with Crippen molar-refractivity contribution in [3.8, 4) is 5.75 Å². The van der Waals surface area contributed by atoms with E-state index in [0.29, 0.717) is 17.9 Å². The third-order valence-electron chi connectivity index (χ3n) is 4.20. The van der Waals surface area contributed by atoms with Gasteiger partial charge < -0.3 is 14.2 Å². The molecule has 27 heavy (non-hydrogen) atoms. The number of amides is 1. The molecule has 7 heteroatoms. The zero-order valence-electron chi connectivity index (χ0n) is 14.8. The van der Waals surface area contributed by atoms with Crippen LogP contribution >= 0.6 is 22.6 Å². The number of carbonyl (C=O) groups is 1. The second-order valence-electron chi connectivity index (χ2n) is 6.10. The largest absolute Gasteiger partial charge is 0.491 e. The lowest BCUT2D eigenvalue weighted by Crippen LogP contribution is -2.43. The zero-order valence-corrected chi connectivity index (χ0v) is 16.9. The van der Waals surface area contributed by atoms with E-state index in [-0.39, 0.29) is 24.4 Å². The Kier molecular flexibility index (Phi) is 6.44. The zero-order chi connectivity index (χ0) is 19.2. The third kappa shape index (κ3) is 5.29. The Balaban J connectivity index is 1.74. The number of hydrogen-bond donors (Lipinski definition) is 0. The lowest BCUT2D eigenvalue weighted by Gasteiger charge is -2.28. The van der Waals surface area contributed by atoms with Crippen molar-refractivity contribution in [1.29, 1.82) is 0 Å². The summed E-state index contributed by atoms with van der Waals surface area (Å²) in [5, 5.41) is 0. The summed E-state index contributed by atoms with van der Waals surface area (Å²) in [7, 11) is 1.76. The maximum Gasteiger partial charge on any atom is 0.254 e. The molecule has 0 radical (unpaired) electrons. The van der Waals surface area contributed by atoms with Gasteiger partial charge in [0.1, 0.15) is 18.2 Å². The number of ether oxygens (including phenoxy) is 1. The number of likely N-dealkylation sites (N-methyl/N-ethyl adjacent to an activating group) is 1. The van der Waals surface area contributed by atoms with Gasteiger partial charge in [-0.2, -0.15) is 0 Å². The number of hydrogen-bond acceptors (Lipinski definition) is 3. The van der Waals surface area contributed by atoms with E-state index in [2.05, 4.69) is 27.6 Å². The Labute approximate surface area is 170 Å². The number of aromatic nitrogens is 2. The van der Waals surface area contributed by atoms with Crippen molar-refractivity contribution >= 4 is 28.5 Å². The molecule has 0 saturated carbocycles. The first-order valence-corrected chi connectivity index (χ1v) is 9.47. The summed E-state index contributed by atoms with van der Waals surface area (Å²) >= 11 is 2.21. The molecular formula is C20H19FIN3O2. The van der Waals surface area contributed by atoms with Gasteiger partial charge in [-0.05, 0) is 71.1 Å². The van der Waals surface area contributed by atoms with Crippen LogP contribution in [0.2, 0.25) is 0 Å². The van der Waals surface area contributed by atoms with Gasteiger partial charge in [0.2, 0.25) is 0 Å². The third-order valence-corrected chi connectivity index (χ3v) is 4.92. The summed E-state index contributed by atoms with van der Waals surface area (Å²) in [6.45, 7) is 0.810. The van der Waals surface area contributed by atoms with E-state index in [1.807, 2.05) is 35.0 Å². The van der Waals surface area contributed by atoms with Crippen molar-refractivity contribution in [2.75, 3.05) is 13.7 Å². The van der Waals surface area contributed by atoms with Gasteiger partial charge >= 0.3 is 0 Å². The fraction of sp³-hybridized carbons (Fsp3) is 0.200. The molecule has 0 saturated heterocycles. The summed E-state index contributed by atoms with van der Waals surface area (Å²) in [6.07, 6.45) is 5.24. The highest BCUT2D eigenvalue weighted by Crippen LogP contribution is 2.15. The molecule has 1 unspecified atom stereocenters. The van der Waals surface area contributed by atoms with Crippen LogP contribution < -0.4 is 4.74 Å². The first-order valence-electron chi connectivity index (χ1n) is 8.40. The molecule has 140 valence electrons. The molecule has 0 aliphatic carbocycles. The maximum absolute atomic E-state index is 13.1. The van der Waals surface area contributed by atoms with Crippen LogP contribution in [-0.2, 0) is 6.54 Å². The summed E-state index contributed by atoms with van der Waals surface area (Å²) in [5.41, 5.74) is 0.621. The average molecular weight is 479 g/mol. The highest BCUT2D eigenvalue weighted by molar-refractivity contribution is 14.1. The predicted molar refractivity (Wildman–Crippen MR) is 109 cm³/mol. The molecular weight excluding hydrogens is 460 g/mol. The van der Waals surface area contributed by atoms with E-state index in [1.165, 1.54) is 12.1 Å². The van der Waals surface area contributed by atoms with Gasteiger partial charge in [-0.1, -0.05) is 0 Å². The van der Waals surface area contributed by atoms with Crippen LogP contribution in [0.15, 0.2) is 67.3 Å². The number of rotatable bonds is 7. The molecule has 5 nitrogen and oxygen atoms in total. The van der Waals surface area contributed by atoms with Crippen molar-refractivity contribution in [3.05, 3.63) is 82.2 Å². The standard InChI is InChI=1S/C20H19FIN3O2/c1-24(20(26)15-2-6-17(22)7-3-15)18(12-25-11-10-23-14-25)13-27-19-8-4-16(21)5-9-19/h2-11,14,18H,12-13H2,1H3.